The molecule has 0 bridgehead atoms. The number of halogens is 1. The second-order valence-electron chi connectivity index (χ2n) is 4.63. The summed E-state index contributed by atoms with van der Waals surface area (Å²) in [6, 6.07) is 0.563. The number of hydrogen-bond donors (Lipinski definition) is 2. The maximum atomic E-state index is 11.1. The summed E-state index contributed by atoms with van der Waals surface area (Å²) in [6.07, 6.45) is 2.39. The van der Waals surface area contributed by atoms with Crippen molar-refractivity contribution in [3.8, 4) is 0 Å². The van der Waals surface area contributed by atoms with Gasteiger partial charge in [-0.2, -0.15) is 0 Å². The Bertz CT molecular complexity index is 298. The van der Waals surface area contributed by atoms with Crippen molar-refractivity contribution in [2.24, 2.45) is 10.9 Å². The molecule has 0 saturated heterocycles. The summed E-state index contributed by atoms with van der Waals surface area (Å²) < 4.78 is 4.87. The van der Waals surface area contributed by atoms with Crippen molar-refractivity contribution in [3.63, 3.8) is 0 Å². The standard InChI is InChI=1S/C13H25N3O2.HI/c1-4-14-13(16-11-9-10(11)3)15-8-6-7-12(17)18-5-2;/h10-11H,4-9H2,1-3H3,(H2,14,15,16);1H. The molecular formula is C13H26IN3O2. The summed E-state index contributed by atoms with van der Waals surface area (Å²) in [5.74, 6) is 1.46. The highest BCUT2D eigenvalue weighted by Crippen LogP contribution is 2.28. The first kappa shape index (κ1) is 18.5. The van der Waals surface area contributed by atoms with E-state index in [9.17, 15) is 4.79 Å². The Balaban J connectivity index is 0.00000324. The van der Waals surface area contributed by atoms with Gasteiger partial charge in [0.1, 0.15) is 0 Å². The summed E-state index contributed by atoms with van der Waals surface area (Å²) in [7, 11) is 0. The number of rotatable bonds is 7. The topological polar surface area (TPSA) is 62.7 Å². The first-order chi connectivity index (χ1) is 8.67. The van der Waals surface area contributed by atoms with Crippen LogP contribution < -0.4 is 10.6 Å². The molecule has 1 aliphatic rings. The molecule has 19 heavy (non-hydrogen) atoms. The Kier molecular flexibility index (Phi) is 9.99. The molecule has 0 aromatic rings. The number of nitrogens with zero attached hydrogens (tertiary/aromatic N) is 1. The van der Waals surface area contributed by atoms with Crippen LogP contribution in [0.5, 0.6) is 0 Å². The molecule has 0 spiro atoms. The molecule has 1 rings (SSSR count). The summed E-state index contributed by atoms with van der Waals surface area (Å²) in [4.78, 5) is 15.6. The second kappa shape index (κ2) is 10.3. The van der Waals surface area contributed by atoms with E-state index in [4.69, 9.17) is 4.74 Å². The summed E-state index contributed by atoms with van der Waals surface area (Å²) in [5, 5.41) is 6.59. The van der Waals surface area contributed by atoms with Gasteiger partial charge in [0.25, 0.3) is 0 Å². The molecule has 1 fully saturated rings. The maximum Gasteiger partial charge on any atom is 0.305 e. The minimum atomic E-state index is -0.138. The number of guanidine groups is 1. The van der Waals surface area contributed by atoms with Gasteiger partial charge in [-0.3, -0.25) is 9.79 Å². The van der Waals surface area contributed by atoms with Gasteiger partial charge < -0.3 is 15.4 Å². The quantitative estimate of drug-likeness (QED) is 0.232. The van der Waals surface area contributed by atoms with Gasteiger partial charge >= 0.3 is 5.97 Å². The number of esters is 1. The van der Waals surface area contributed by atoms with Crippen LogP contribution in [0.4, 0.5) is 0 Å². The van der Waals surface area contributed by atoms with Crippen LogP contribution in [-0.2, 0) is 9.53 Å². The van der Waals surface area contributed by atoms with E-state index in [2.05, 4.69) is 22.5 Å². The minimum absolute atomic E-state index is 0. The van der Waals surface area contributed by atoms with E-state index in [1.807, 2.05) is 13.8 Å². The highest BCUT2D eigenvalue weighted by Gasteiger charge is 2.33. The number of ether oxygens (including phenoxy) is 1. The third-order valence-electron chi connectivity index (χ3n) is 2.89. The lowest BCUT2D eigenvalue weighted by Gasteiger charge is -2.10. The van der Waals surface area contributed by atoms with E-state index in [1.165, 1.54) is 6.42 Å². The lowest BCUT2D eigenvalue weighted by molar-refractivity contribution is -0.143. The summed E-state index contributed by atoms with van der Waals surface area (Å²) >= 11 is 0. The van der Waals surface area contributed by atoms with Crippen molar-refractivity contribution in [3.05, 3.63) is 0 Å². The van der Waals surface area contributed by atoms with E-state index < -0.39 is 0 Å². The van der Waals surface area contributed by atoms with Crippen LogP contribution in [0.1, 0.15) is 40.0 Å². The zero-order valence-corrected chi connectivity index (χ0v) is 14.4. The Morgan fingerprint density at radius 1 is 1.42 bits per heavy atom. The van der Waals surface area contributed by atoms with Gasteiger partial charge in [0.05, 0.1) is 6.61 Å². The SMILES string of the molecule is CCNC(=NCCCC(=O)OCC)NC1CC1C.I. The first-order valence-corrected chi connectivity index (χ1v) is 6.87. The molecule has 0 aromatic carbocycles. The molecule has 0 aromatic heterocycles. The maximum absolute atomic E-state index is 11.1. The lowest BCUT2D eigenvalue weighted by atomic mass is 10.3. The normalized spacial score (nSPS) is 21.3. The van der Waals surface area contributed by atoms with Gasteiger partial charge in [-0.05, 0) is 32.6 Å². The van der Waals surface area contributed by atoms with Crippen LogP contribution in [0.15, 0.2) is 4.99 Å². The zero-order valence-electron chi connectivity index (χ0n) is 12.1. The molecule has 2 unspecified atom stereocenters. The van der Waals surface area contributed by atoms with Crippen LogP contribution >= 0.6 is 24.0 Å². The first-order valence-electron chi connectivity index (χ1n) is 6.87. The molecule has 112 valence electrons. The molecule has 0 aliphatic heterocycles. The van der Waals surface area contributed by atoms with Gasteiger partial charge in [-0.15, -0.1) is 24.0 Å². The molecule has 0 amide bonds. The van der Waals surface area contributed by atoms with Gasteiger partial charge in [-0.25, -0.2) is 0 Å². The predicted molar refractivity (Wildman–Crippen MR) is 88.0 cm³/mol. The molecule has 2 atom stereocenters. The van der Waals surface area contributed by atoms with Gasteiger partial charge in [0.2, 0.25) is 0 Å². The molecular weight excluding hydrogens is 357 g/mol. The Hall–Kier alpha value is -0.530. The van der Waals surface area contributed by atoms with Gasteiger partial charge in [0, 0.05) is 25.6 Å². The summed E-state index contributed by atoms with van der Waals surface area (Å²) in [6.45, 7) is 8.04. The van der Waals surface area contributed by atoms with Crippen molar-refractivity contribution in [2.45, 2.75) is 46.1 Å². The number of carbonyl (C=O) groups is 1. The molecule has 2 N–H and O–H groups in total. The minimum Gasteiger partial charge on any atom is -0.466 e. The second-order valence-corrected chi connectivity index (χ2v) is 4.63. The van der Waals surface area contributed by atoms with Crippen LogP contribution in [0.25, 0.3) is 0 Å². The average Bonchev–Trinajstić information content (AvgIpc) is 3.01. The van der Waals surface area contributed by atoms with E-state index in [-0.39, 0.29) is 29.9 Å². The molecule has 0 radical (unpaired) electrons. The van der Waals surface area contributed by atoms with Crippen LogP contribution in [0, 0.1) is 5.92 Å². The molecule has 1 saturated carbocycles. The Labute approximate surface area is 133 Å². The van der Waals surface area contributed by atoms with Crippen LogP contribution in [0.3, 0.4) is 0 Å². The molecule has 5 nitrogen and oxygen atoms in total. The fourth-order valence-electron chi connectivity index (χ4n) is 1.67. The number of hydrogen-bond acceptors (Lipinski definition) is 3. The molecule has 6 heteroatoms. The molecule has 1 aliphatic carbocycles. The van der Waals surface area contributed by atoms with E-state index in [0.717, 1.165) is 24.8 Å². The van der Waals surface area contributed by atoms with E-state index in [1.54, 1.807) is 0 Å². The zero-order chi connectivity index (χ0) is 13.4. The van der Waals surface area contributed by atoms with Crippen molar-refractivity contribution >= 4 is 35.9 Å². The fourth-order valence-corrected chi connectivity index (χ4v) is 1.67. The largest absolute Gasteiger partial charge is 0.466 e. The van der Waals surface area contributed by atoms with Gasteiger partial charge in [-0.1, -0.05) is 6.92 Å². The number of nitrogens with one attached hydrogen (secondary N) is 2. The monoisotopic (exact) mass is 383 g/mol. The third-order valence-corrected chi connectivity index (χ3v) is 2.89. The van der Waals surface area contributed by atoms with Crippen LogP contribution in [0.2, 0.25) is 0 Å². The fraction of sp³-hybridized carbons (Fsp3) is 0.846. The Morgan fingerprint density at radius 3 is 2.63 bits per heavy atom. The summed E-state index contributed by atoms with van der Waals surface area (Å²) in [5.41, 5.74) is 0. The third kappa shape index (κ3) is 8.28. The average molecular weight is 383 g/mol. The Morgan fingerprint density at radius 2 is 2.11 bits per heavy atom. The van der Waals surface area contributed by atoms with Crippen molar-refractivity contribution in [1.29, 1.82) is 0 Å². The van der Waals surface area contributed by atoms with Crippen molar-refractivity contribution in [1.82, 2.24) is 10.6 Å². The lowest BCUT2D eigenvalue weighted by Crippen LogP contribution is -2.39. The van der Waals surface area contributed by atoms with Crippen LogP contribution in [-0.4, -0.2) is 37.7 Å². The van der Waals surface area contributed by atoms with E-state index in [0.29, 0.717) is 25.6 Å². The van der Waals surface area contributed by atoms with Gasteiger partial charge in [0.15, 0.2) is 5.96 Å². The highest BCUT2D eigenvalue weighted by molar-refractivity contribution is 14.0. The predicted octanol–water partition coefficient (Wildman–Crippen LogP) is 1.91. The number of carbonyl (C=O) groups excluding carboxylic acids is 1. The smallest absolute Gasteiger partial charge is 0.305 e. The van der Waals surface area contributed by atoms with E-state index >= 15 is 0 Å². The highest BCUT2D eigenvalue weighted by atomic mass is 127. The number of aliphatic imine (C=N–C) groups is 1. The van der Waals surface area contributed by atoms with Crippen molar-refractivity contribution in [2.75, 3.05) is 19.7 Å². The van der Waals surface area contributed by atoms with Crippen molar-refractivity contribution < 1.29 is 9.53 Å². The molecule has 0 heterocycles.